The summed E-state index contributed by atoms with van der Waals surface area (Å²) in [4.78, 5) is 0. The molecule has 1 fully saturated rings. The van der Waals surface area contributed by atoms with Gasteiger partial charge in [-0.05, 0) is 29.5 Å². The Bertz CT molecular complexity index is 829. The van der Waals surface area contributed by atoms with Gasteiger partial charge in [0.15, 0.2) is 0 Å². The molecule has 0 radical (unpaired) electrons. The Labute approximate surface area is 174 Å². The van der Waals surface area contributed by atoms with Crippen LogP contribution in [0.4, 0.5) is 0 Å². The predicted octanol–water partition coefficient (Wildman–Crippen LogP) is 6.77. The summed E-state index contributed by atoms with van der Waals surface area (Å²) in [7, 11) is 0. The fraction of sp³-hybridized carbons (Fsp3) is 0.333. The first kappa shape index (κ1) is 19.9. The minimum Gasteiger partial charge on any atom is -0.348 e. The van der Waals surface area contributed by atoms with Crippen molar-refractivity contribution in [2.75, 3.05) is 0 Å². The first-order valence-electron chi connectivity index (χ1n) is 10.9. The van der Waals surface area contributed by atoms with E-state index in [1.807, 2.05) is 0 Å². The van der Waals surface area contributed by atoms with Crippen LogP contribution in [0.15, 0.2) is 91.0 Å². The molecule has 0 saturated carbocycles. The molecule has 1 N–H and O–H groups in total. The van der Waals surface area contributed by atoms with E-state index in [2.05, 4.69) is 110 Å². The van der Waals surface area contributed by atoms with Gasteiger partial charge in [-0.15, -0.1) is 0 Å². The molecular weight excluding hydrogens is 354 g/mol. The molecule has 3 aromatic rings. The van der Waals surface area contributed by atoms with Crippen LogP contribution in [0.2, 0.25) is 0 Å². The lowest BCUT2D eigenvalue weighted by atomic mass is 9.79. The lowest BCUT2D eigenvalue weighted by Gasteiger charge is -2.50. The van der Waals surface area contributed by atoms with E-state index in [0.717, 1.165) is 19.3 Å². The van der Waals surface area contributed by atoms with Crippen molar-refractivity contribution in [3.05, 3.63) is 108 Å². The zero-order valence-corrected chi connectivity index (χ0v) is 17.4. The Balaban J connectivity index is 1.85. The number of benzene rings is 3. The second kappa shape index (κ2) is 8.94. The van der Waals surface area contributed by atoms with Crippen LogP contribution in [0.25, 0.3) is 0 Å². The highest BCUT2D eigenvalue weighted by molar-refractivity contribution is 5.30. The van der Waals surface area contributed by atoms with Crippen molar-refractivity contribution in [1.82, 2.24) is 5.32 Å². The Morgan fingerprint density at radius 2 is 1.31 bits per heavy atom. The monoisotopic (exact) mass is 385 g/mol. The van der Waals surface area contributed by atoms with Gasteiger partial charge in [0.25, 0.3) is 0 Å². The number of ether oxygens (including phenoxy) is 1. The zero-order chi connectivity index (χ0) is 20.1. The first-order chi connectivity index (χ1) is 14.3. The molecule has 0 bridgehead atoms. The van der Waals surface area contributed by atoms with Gasteiger partial charge in [0.05, 0.1) is 6.10 Å². The van der Waals surface area contributed by atoms with Gasteiger partial charge in [-0.1, -0.05) is 111 Å². The van der Waals surface area contributed by atoms with E-state index in [-0.39, 0.29) is 12.1 Å². The molecule has 2 nitrogen and oxygen atoms in total. The maximum Gasteiger partial charge on any atom is 0.146 e. The van der Waals surface area contributed by atoms with Gasteiger partial charge in [0.2, 0.25) is 0 Å². The van der Waals surface area contributed by atoms with Gasteiger partial charge >= 0.3 is 0 Å². The molecule has 4 atom stereocenters. The molecule has 2 unspecified atom stereocenters. The van der Waals surface area contributed by atoms with Gasteiger partial charge in [-0.2, -0.15) is 0 Å². The average Bonchev–Trinajstić information content (AvgIpc) is 2.80. The lowest BCUT2D eigenvalue weighted by molar-refractivity contribution is -0.198. The molecule has 1 aliphatic heterocycles. The summed E-state index contributed by atoms with van der Waals surface area (Å²) in [5.74, 6) is 0.355. The summed E-state index contributed by atoms with van der Waals surface area (Å²) in [6.45, 7) is 4.51. The largest absolute Gasteiger partial charge is 0.348 e. The molecule has 29 heavy (non-hydrogen) atoms. The second-order valence-electron chi connectivity index (χ2n) is 8.00. The normalized spacial score (nSPS) is 26.9. The number of hydrogen-bond acceptors (Lipinski definition) is 2. The molecule has 0 amide bonds. The van der Waals surface area contributed by atoms with Crippen molar-refractivity contribution in [1.29, 1.82) is 0 Å². The summed E-state index contributed by atoms with van der Waals surface area (Å²) < 4.78 is 7.03. The molecule has 0 aromatic heterocycles. The first-order valence-corrected chi connectivity index (χ1v) is 10.9. The van der Waals surface area contributed by atoms with Crippen LogP contribution >= 0.6 is 0 Å². The highest BCUT2D eigenvalue weighted by atomic mass is 16.5. The predicted molar refractivity (Wildman–Crippen MR) is 119 cm³/mol. The highest BCUT2D eigenvalue weighted by Gasteiger charge is 2.47. The summed E-state index contributed by atoms with van der Waals surface area (Å²) in [6.07, 6.45) is 3.06. The van der Waals surface area contributed by atoms with Crippen molar-refractivity contribution in [3.63, 3.8) is 0 Å². The van der Waals surface area contributed by atoms with Crippen molar-refractivity contribution in [2.24, 2.45) is 5.92 Å². The Kier molecular flexibility index (Phi) is 6.13. The van der Waals surface area contributed by atoms with Crippen LogP contribution in [0.5, 0.6) is 0 Å². The molecule has 0 spiro atoms. The number of nitrogens with one attached hydrogen (secondary N) is 1. The third kappa shape index (κ3) is 4.01. The van der Waals surface area contributed by atoms with Crippen molar-refractivity contribution in [2.45, 2.75) is 51.0 Å². The second-order valence-corrected chi connectivity index (χ2v) is 8.00. The van der Waals surface area contributed by atoms with Crippen LogP contribution < -0.4 is 5.32 Å². The van der Waals surface area contributed by atoms with E-state index < -0.39 is 5.72 Å². The molecule has 1 saturated heterocycles. The molecule has 1 heterocycles. The van der Waals surface area contributed by atoms with Crippen molar-refractivity contribution in [3.8, 4) is 0 Å². The van der Waals surface area contributed by atoms with Crippen LogP contribution in [-0.2, 0) is 10.5 Å². The van der Waals surface area contributed by atoms with Crippen LogP contribution in [-0.4, -0.2) is 0 Å². The zero-order valence-electron chi connectivity index (χ0n) is 17.4. The minimum absolute atomic E-state index is 0.0411. The summed E-state index contributed by atoms with van der Waals surface area (Å²) in [5, 5.41) is 3.98. The van der Waals surface area contributed by atoms with Crippen LogP contribution in [0.3, 0.4) is 0 Å². The molecule has 3 aromatic carbocycles. The molecule has 0 aliphatic carbocycles. The Hall–Kier alpha value is -2.42. The van der Waals surface area contributed by atoms with Crippen molar-refractivity contribution >= 4 is 0 Å². The number of hydrogen-bond donors (Lipinski definition) is 1. The molecule has 1 aliphatic rings. The molecule has 150 valence electrons. The topological polar surface area (TPSA) is 21.3 Å². The van der Waals surface area contributed by atoms with E-state index in [1.54, 1.807) is 0 Å². The quantitative estimate of drug-likeness (QED) is 0.505. The highest BCUT2D eigenvalue weighted by Crippen LogP contribution is 2.49. The van der Waals surface area contributed by atoms with Crippen LogP contribution in [0.1, 0.15) is 61.9 Å². The smallest absolute Gasteiger partial charge is 0.146 e. The fourth-order valence-electron chi connectivity index (χ4n) is 4.76. The van der Waals surface area contributed by atoms with Gasteiger partial charge in [0, 0.05) is 12.0 Å². The van der Waals surface area contributed by atoms with Gasteiger partial charge < -0.3 is 4.74 Å². The lowest BCUT2D eigenvalue weighted by Crippen LogP contribution is -2.55. The Morgan fingerprint density at radius 1 is 0.759 bits per heavy atom. The average molecular weight is 386 g/mol. The summed E-state index contributed by atoms with van der Waals surface area (Å²) in [5.41, 5.74) is 3.30. The summed E-state index contributed by atoms with van der Waals surface area (Å²) in [6, 6.07) is 32.5. The van der Waals surface area contributed by atoms with E-state index in [0.29, 0.717) is 5.92 Å². The Morgan fingerprint density at radius 3 is 1.86 bits per heavy atom. The maximum atomic E-state index is 7.03. The van der Waals surface area contributed by atoms with E-state index in [9.17, 15) is 0 Å². The standard InChI is InChI=1S/C27H31NO/c1-3-20-27(23-18-12-7-13-19-23)28-25(21-14-8-5-9-15-21)24(4-2)26(29-27)22-16-10-6-11-17-22/h5-19,24-26,28H,3-4,20H2,1-2H3/t24-,25?,26-,27?/m0/s1. The third-order valence-corrected chi connectivity index (χ3v) is 6.13. The third-order valence-electron chi connectivity index (χ3n) is 6.13. The van der Waals surface area contributed by atoms with E-state index in [1.165, 1.54) is 16.7 Å². The van der Waals surface area contributed by atoms with Gasteiger partial charge in [0.1, 0.15) is 5.72 Å². The van der Waals surface area contributed by atoms with Crippen LogP contribution in [0, 0.1) is 5.92 Å². The molecule has 2 heteroatoms. The fourth-order valence-corrected chi connectivity index (χ4v) is 4.76. The summed E-state index contributed by atoms with van der Waals surface area (Å²) >= 11 is 0. The van der Waals surface area contributed by atoms with Gasteiger partial charge in [-0.25, -0.2) is 0 Å². The van der Waals surface area contributed by atoms with Crippen molar-refractivity contribution < 1.29 is 4.74 Å². The SMILES string of the molecule is CCCC1(c2ccccc2)NC(c2ccccc2)[C@H](CC)[C@H](c2ccccc2)O1. The number of rotatable bonds is 6. The van der Waals surface area contributed by atoms with E-state index >= 15 is 0 Å². The molecular formula is C27H31NO. The molecule has 4 rings (SSSR count). The maximum absolute atomic E-state index is 7.03. The van der Waals surface area contributed by atoms with E-state index in [4.69, 9.17) is 4.74 Å². The minimum atomic E-state index is -0.497. The van der Waals surface area contributed by atoms with Gasteiger partial charge in [-0.3, -0.25) is 5.32 Å².